The fourth-order valence-electron chi connectivity index (χ4n) is 7.01. The molecule has 2 aliphatic carbocycles. The second-order valence-electron chi connectivity index (χ2n) is 11.8. The molecule has 0 radical (unpaired) electrons. The highest BCUT2D eigenvalue weighted by molar-refractivity contribution is 7.39. The molecule has 176 valence electrons. The Balaban J connectivity index is 1.74. The van der Waals surface area contributed by atoms with Gasteiger partial charge in [0.05, 0.1) is 0 Å². The molecule has 3 nitrogen and oxygen atoms in total. The van der Waals surface area contributed by atoms with E-state index in [1.54, 1.807) is 0 Å². The maximum Gasteiger partial charge on any atom is 0.310 e. The van der Waals surface area contributed by atoms with E-state index in [1.165, 1.54) is 90.8 Å². The number of benzene rings is 2. The third-order valence-corrected chi connectivity index (χ3v) is 10.6. The van der Waals surface area contributed by atoms with Crippen molar-refractivity contribution in [1.82, 2.24) is 0 Å². The van der Waals surface area contributed by atoms with Gasteiger partial charge in [-0.25, -0.2) is 0 Å². The second kappa shape index (κ2) is 7.92. The lowest BCUT2D eigenvalue weighted by molar-refractivity contribution is 0.256. The monoisotopic (exact) mass is 463 g/mol. The fourth-order valence-corrected chi connectivity index (χ4v) is 8.93. The molecule has 1 fully saturated rings. The van der Waals surface area contributed by atoms with Gasteiger partial charge in [-0.2, -0.15) is 4.67 Å². The van der Waals surface area contributed by atoms with Crippen molar-refractivity contribution in [2.45, 2.75) is 109 Å². The molecule has 0 saturated carbocycles. The summed E-state index contributed by atoms with van der Waals surface area (Å²) in [7, 11) is -1.26. The van der Waals surface area contributed by atoms with E-state index >= 15 is 0 Å². The molecule has 33 heavy (non-hydrogen) atoms. The van der Waals surface area contributed by atoms with Gasteiger partial charge in [0.15, 0.2) is 0 Å². The number of fused-ring (bicyclic) bond motifs is 7. The summed E-state index contributed by atoms with van der Waals surface area (Å²) in [4.78, 5) is 0. The summed E-state index contributed by atoms with van der Waals surface area (Å²) in [5, 5.41) is 2.72. The van der Waals surface area contributed by atoms with Crippen LogP contribution >= 0.6 is 8.16 Å². The van der Waals surface area contributed by atoms with Crippen LogP contribution in [-0.4, -0.2) is 11.1 Å². The Morgan fingerprint density at radius 1 is 0.636 bits per heavy atom. The van der Waals surface area contributed by atoms with E-state index in [2.05, 4.69) is 56.6 Å². The molecule has 3 aromatic rings. The molecule has 2 aromatic carbocycles. The molecule has 2 heterocycles. The maximum atomic E-state index is 6.98. The molecular formula is C29H38NO2P. The van der Waals surface area contributed by atoms with Gasteiger partial charge in [0.25, 0.3) is 0 Å². The molecule has 1 saturated heterocycles. The van der Waals surface area contributed by atoms with E-state index in [4.69, 9.17) is 8.39 Å². The summed E-state index contributed by atoms with van der Waals surface area (Å²) in [5.41, 5.74) is 8.28. The summed E-state index contributed by atoms with van der Waals surface area (Å²) in [5.74, 6) is 0. The van der Waals surface area contributed by atoms with E-state index in [0.29, 0.717) is 0 Å². The lowest BCUT2D eigenvalue weighted by Gasteiger charge is -2.49. The Morgan fingerprint density at radius 3 is 1.58 bits per heavy atom. The van der Waals surface area contributed by atoms with Crippen LogP contribution in [-0.2, 0) is 25.7 Å². The molecule has 0 spiro atoms. The Bertz CT molecular complexity index is 1180. The van der Waals surface area contributed by atoms with Crippen molar-refractivity contribution in [2.24, 2.45) is 0 Å². The van der Waals surface area contributed by atoms with E-state index in [0.717, 1.165) is 24.0 Å². The average Bonchev–Trinajstić information content (AvgIpc) is 2.94. The van der Waals surface area contributed by atoms with E-state index in [9.17, 15) is 0 Å². The molecular weight excluding hydrogens is 425 g/mol. The minimum Gasteiger partial charge on any atom is -0.408 e. The van der Waals surface area contributed by atoms with E-state index in [1.807, 2.05) is 0 Å². The van der Waals surface area contributed by atoms with Crippen molar-refractivity contribution in [3.8, 4) is 0 Å². The van der Waals surface area contributed by atoms with Gasteiger partial charge >= 0.3 is 8.16 Å². The van der Waals surface area contributed by atoms with Gasteiger partial charge in [-0.3, -0.25) is 0 Å². The van der Waals surface area contributed by atoms with Crippen molar-refractivity contribution < 1.29 is 8.39 Å². The van der Waals surface area contributed by atoms with E-state index < -0.39 is 8.16 Å². The lowest BCUT2D eigenvalue weighted by atomic mass is 9.83. The Morgan fingerprint density at radius 2 is 1.09 bits per heavy atom. The third kappa shape index (κ3) is 3.58. The van der Waals surface area contributed by atoms with Crippen LogP contribution in [0.5, 0.6) is 0 Å². The summed E-state index contributed by atoms with van der Waals surface area (Å²) >= 11 is 0. The van der Waals surface area contributed by atoms with Crippen LogP contribution < -0.4 is 4.67 Å². The molecule has 6 rings (SSSR count). The number of piperidine rings is 1. The zero-order valence-corrected chi connectivity index (χ0v) is 21.7. The minimum atomic E-state index is -1.26. The number of nitrogens with zero attached hydrogens (tertiary/aromatic N) is 1. The topological polar surface area (TPSA) is 29.5 Å². The molecule has 1 aromatic heterocycles. The molecule has 0 unspecified atom stereocenters. The number of aryl methyl sites for hydroxylation is 4. The summed E-state index contributed by atoms with van der Waals surface area (Å²) in [6.07, 6.45) is 13.4. The van der Waals surface area contributed by atoms with Crippen molar-refractivity contribution in [3.63, 3.8) is 0 Å². The minimum absolute atomic E-state index is 0.0422. The summed E-state index contributed by atoms with van der Waals surface area (Å²) in [6, 6.07) is 9.21. The van der Waals surface area contributed by atoms with Crippen molar-refractivity contribution in [1.29, 1.82) is 0 Å². The first-order valence-corrected chi connectivity index (χ1v) is 14.2. The van der Waals surface area contributed by atoms with Crippen LogP contribution in [0.3, 0.4) is 0 Å². The highest BCUT2D eigenvalue weighted by Crippen LogP contribution is 2.50. The van der Waals surface area contributed by atoms with Gasteiger partial charge in [0.2, 0.25) is 0 Å². The Labute approximate surface area is 199 Å². The van der Waals surface area contributed by atoms with E-state index in [-0.39, 0.29) is 11.1 Å². The van der Waals surface area contributed by atoms with Gasteiger partial charge < -0.3 is 8.39 Å². The highest BCUT2D eigenvalue weighted by atomic mass is 31.1. The summed E-state index contributed by atoms with van der Waals surface area (Å²) in [6.45, 7) is 9.48. The SMILES string of the molecule is CC1(C)CCCC(C)(C)N1p1oc2ccc3c(c2c2c4c(ccc2o1)CCCC4)CCCC3. The molecule has 4 heteroatoms. The summed E-state index contributed by atoms with van der Waals surface area (Å²) < 4.78 is 16.5. The second-order valence-corrected chi connectivity index (χ2v) is 13.0. The predicted octanol–water partition coefficient (Wildman–Crippen LogP) is 8.73. The highest BCUT2D eigenvalue weighted by Gasteiger charge is 2.45. The number of hydrogen-bond acceptors (Lipinski definition) is 3. The van der Waals surface area contributed by atoms with Gasteiger partial charge in [-0.1, -0.05) is 12.1 Å². The van der Waals surface area contributed by atoms with Crippen LogP contribution in [0.25, 0.3) is 21.9 Å². The van der Waals surface area contributed by atoms with Crippen LogP contribution in [0.2, 0.25) is 0 Å². The number of hydrogen-bond donors (Lipinski definition) is 0. The van der Waals surface area contributed by atoms with Crippen LogP contribution in [0.4, 0.5) is 0 Å². The van der Waals surface area contributed by atoms with Crippen molar-refractivity contribution >= 4 is 30.1 Å². The maximum absolute atomic E-state index is 6.98. The first kappa shape index (κ1) is 21.8. The van der Waals surface area contributed by atoms with Crippen LogP contribution in [0.15, 0.2) is 32.7 Å². The largest absolute Gasteiger partial charge is 0.408 e. The number of rotatable bonds is 1. The van der Waals surface area contributed by atoms with Crippen molar-refractivity contribution in [3.05, 3.63) is 46.5 Å². The quantitative estimate of drug-likeness (QED) is 0.361. The fraction of sp³-hybridized carbons (Fsp3) is 0.586. The molecule has 0 N–H and O–H groups in total. The first-order chi connectivity index (χ1) is 15.9. The zero-order chi connectivity index (χ0) is 22.8. The van der Waals surface area contributed by atoms with Gasteiger partial charge in [-0.05, 0) is 133 Å². The predicted molar refractivity (Wildman–Crippen MR) is 140 cm³/mol. The lowest BCUT2D eigenvalue weighted by Crippen LogP contribution is -2.57. The first-order valence-electron chi connectivity index (χ1n) is 13.1. The molecule has 3 aliphatic rings. The smallest absolute Gasteiger partial charge is 0.310 e. The Kier molecular flexibility index (Phi) is 5.24. The van der Waals surface area contributed by atoms with Crippen LogP contribution in [0, 0.1) is 0 Å². The van der Waals surface area contributed by atoms with Gasteiger partial charge in [0.1, 0.15) is 11.2 Å². The van der Waals surface area contributed by atoms with Crippen molar-refractivity contribution in [2.75, 3.05) is 4.67 Å². The van der Waals surface area contributed by atoms with Gasteiger partial charge in [-0.15, -0.1) is 0 Å². The zero-order valence-electron chi connectivity index (χ0n) is 20.8. The third-order valence-electron chi connectivity index (χ3n) is 8.48. The Hall–Kier alpha value is -1.70. The normalized spacial score (nSPS) is 22.2. The van der Waals surface area contributed by atoms with Gasteiger partial charge in [0, 0.05) is 21.9 Å². The molecule has 0 bridgehead atoms. The molecule has 0 atom stereocenters. The molecule has 0 amide bonds. The standard InChI is InChI=1S/C29H38NO2P/c1-28(2)18-9-19-29(3,4)30(28)33-31-24-16-14-20-10-5-7-12-22(20)26(24)27-23-13-8-6-11-21(23)15-17-25(27)32-33/h14-17H,5-13,18-19H2,1-4H3. The average molecular weight is 464 g/mol. The van der Waals surface area contributed by atoms with Crippen LogP contribution in [0.1, 0.15) is 94.9 Å². The molecule has 1 aliphatic heterocycles.